The standard InChI is InChI=1S/C20H14N2O4S.Ba/c23-18-12-10-13-5-1-3-7-15(13)19(18)22-21-17-11-9-14-6-2-4-8-16(14)20(17)27(24,25)26;/h1-12,23H,(H,24,25,26);/q;+2/p-2. The first kappa shape index (κ1) is 21.0. The average Bonchev–Trinajstić information content (AvgIpc) is 2.66. The first-order valence-corrected chi connectivity index (χ1v) is 9.44. The van der Waals surface area contributed by atoms with E-state index in [0.717, 1.165) is 5.39 Å². The number of azo groups is 1. The molecule has 0 radical (unpaired) electrons. The second-order valence-corrected chi connectivity index (χ2v) is 7.24. The molecule has 0 heterocycles. The molecule has 0 aliphatic heterocycles. The van der Waals surface area contributed by atoms with E-state index < -0.39 is 15.0 Å². The van der Waals surface area contributed by atoms with Gasteiger partial charge in [0.25, 0.3) is 0 Å². The van der Waals surface area contributed by atoms with Crippen LogP contribution in [0.5, 0.6) is 5.75 Å². The Kier molecular flexibility index (Phi) is 6.25. The van der Waals surface area contributed by atoms with Crippen LogP contribution in [0.4, 0.5) is 11.4 Å². The quantitative estimate of drug-likeness (QED) is 0.234. The third-order valence-corrected chi connectivity index (χ3v) is 5.16. The van der Waals surface area contributed by atoms with Gasteiger partial charge in [-0.1, -0.05) is 72.5 Å². The molecule has 0 spiro atoms. The number of nitrogens with zero attached hydrogens (tertiary/aromatic N) is 2. The molecule has 28 heavy (non-hydrogen) atoms. The van der Waals surface area contributed by atoms with Gasteiger partial charge in [0.1, 0.15) is 15.8 Å². The Hall–Kier alpha value is -1.72. The van der Waals surface area contributed by atoms with Gasteiger partial charge in [0, 0.05) is 10.8 Å². The van der Waals surface area contributed by atoms with Crippen LogP contribution < -0.4 is 5.11 Å². The molecule has 8 heteroatoms. The van der Waals surface area contributed by atoms with Crippen molar-refractivity contribution < 1.29 is 18.1 Å². The molecule has 0 fully saturated rings. The van der Waals surface area contributed by atoms with Gasteiger partial charge in [0.2, 0.25) is 0 Å². The van der Waals surface area contributed by atoms with Gasteiger partial charge in [-0.3, -0.25) is 0 Å². The van der Waals surface area contributed by atoms with Crippen LogP contribution in [-0.2, 0) is 10.1 Å². The minimum Gasteiger partial charge on any atom is -0.871 e. The summed E-state index contributed by atoms with van der Waals surface area (Å²) in [7, 11) is -4.80. The van der Waals surface area contributed by atoms with Crippen LogP contribution in [0.2, 0.25) is 0 Å². The molecular weight excluding hydrogens is 502 g/mol. The third-order valence-electron chi connectivity index (χ3n) is 4.23. The predicted octanol–water partition coefficient (Wildman–Crippen LogP) is 4.01. The van der Waals surface area contributed by atoms with Crippen molar-refractivity contribution >= 4 is 91.9 Å². The number of hydrogen-bond acceptors (Lipinski definition) is 6. The zero-order valence-corrected chi connectivity index (χ0v) is 19.8. The number of hydrogen-bond donors (Lipinski definition) is 0. The van der Waals surface area contributed by atoms with Gasteiger partial charge in [0.05, 0.1) is 10.6 Å². The number of fused-ring (bicyclic) bond motifs is 2. The fourth-order valence-corrected chi connectivity index (χ4v) is 3.84. The van der Waals surface area contributed by atoms with E-state index in [0.29, 0.717) is 10.8 Å². The summed E-state index contributed by atoms with van der Waals surface area (Å²) >= 11 is 0. The molecule has 4 aromatic rings. The first-order chi connectivity index (χ1) is 12.9. The SMILES string of the molecule is O=S(=O)([O-])c1c(N=Nc2c([O-])ccc3ccccc23)ccc2ccccc12.[Ba+2]. The maximum absolute atomic E-state index is 12.2. The van der Waals surface area contributed by atoms with Crippen molar-refractivity contribution in [2.24, 2.45) is 10.2 Å². The molecule has 0 atom stereocenters. The third kappa shape index (κ3) is 4.01. The molecule has 0 aliphatic carbocycles. The van der Waals surface area contributed by atoms with E-state index in [1.165, 1.54) is 18.2 Å². The summed E-state index contributed by atoms with van der Waals surface area (Å²) in [6, 6.07) is 19.9. The second kappa shape index (κ2) is 8.34. The average molecular weight is 514 g/mol. The molecule has 0 aliphatic rings. The first-order valence-electron chi connectivity index (χ1n) is 8.03. The van der Waals surface area contributed by atoms with Crippen molar-refractivity contribution in [1.29, 1.82) is 0 Å². The van der Waals surface area contributed by atoms with Crippen molar-refractivity contribution in [3.05, 3.63) is 72.8 Å². The monoisotopic (exact) mass is 514 g/mol. The Bertz CT molecular complexity index is 1320. The summed E-state index contributed by atoms with van der Waals surface area (Å²) in [5.74, 6) is -0.343. The van der Waals surface area contributed by atoms with Crippen LogP contribution in [0.25, 0.3) is 21.5 Å². The topological polar surface area (TPSA) is 105 Å². The Morgan fingerprint density at radius 2 is 1.29 bits per heavy atom. The maximum Gasteiger partial charge on any atom is 2.00 e. The van der Waals surface area contributed by atoms with Crippen molar-refractivity contribution in [1.82, 2.24) is 0 Å². The van der Waals surface area contributed by atoms with Gasteiger partial charge in [0.15, 0.2) is 0 Å². The summed E-state index contributed by atoms with van der Waals surface area (Å²) in [6.45, 7) is 0. The Balaban J connectivity index is 0.00000225. The van der Waals surface area contributed by atoms with Gasteiger partial charge >= 0.3 is 48.9 Å². The number of rotatable bonds is 3. The van der Waals surface area contributed by atoms with E-state index in [4.69, 9.17) is 0 Å². The van der Waals surface area contributed by atoms with Crippen molar-refractivity contribution in [3.63, 3.8) is 0 Å². The van der Waals surface area contributed by atoms with E-state index in [9.17, 15) is 18.1 Å². The zero-order chi connectivity index (χ0) is 19.0. The second-order valence-electron chi connectivity index (χ2n) is 5.92. The minimum atomic E-state index is -4.80. The van der Waals surface area contributed by atoms with E-state index in [1.807, 2.05) is 12.1 Å². The Labute approximate surface area is 201 Å². The molecule has 0 saturated heterocycles. The molecule has 0 saturated carbocycles. The molecule has 0 bridgehead atoms. The molecular formula is C20H12BaN2O4S. The molecule has 0 amide bonds. The Morgan fingerprint density at radius 3 is 1.96 bits per heavy atom. The summed E-state index contributed by atoms with van der Waals surface area (Å²) in [5.41, 5.74) is -0.00783. The van der Waals surface area contributed by atoms with Crippen LogP contribution in [0.1, 0.15) is 0 Å². The van der Waals surface area contributed by atoms with Gasteiger partial charge in [-0.25, -0.2) is 8.42 Å². The fourth-order valence-electron chi connectivity index (χ4n) is 3.02. The van der Waals surface area contributed by atoms with Crippen LogP contribution in [0.3, 0.4) is 0 Å². The molecule has 6 nitrogen and oxygen atoms in total. The summed E-state index contributed by atoms with van der Waals surface area (Å²) in [5, 5.41) is 22.4. The molecule has 0 N–H and O–H groups in total. The van der Waals surface area contributed by atoms with Crippen molar-refractivity contribution in [2.45, 2.75) is 4.90 Å². The summed E-state index contributed by atoms with van der Waals surface area (Å²) in [4.78, 5) is -0.447. The van der Waals surface area contributed by atoms with Crippen LogP contribution in [0, 0.1) is 0 Å². The van der Waals surface area contributed by atoms with Crippen molar-refractivity contribution in [2.75, 3.05) is 0 Å². The molecule has 134 valence electrons. The molecule has 0 aromatic heterocycles. The summed E-state index contributed by atoms with van der Waals surface area (Å²) < 4.78 is 35.5. The summed E-state index contributed by atoms with van der Waals surface area (Å²) in [6.07, 6.45) is 0. The van der Waals surface area contributed by atoms with Gasteiger partial charge < -0.3 is 9.66 Å². The smallest absolute Gasteiger partial charge is 0.871 e. The van der Waals surface area contributed by atoms with Crippen LogP contribution in [-0.4, -0.2) is 61.9 Å². The number of benzene rings is 4. The molecule has 4 aromatic carbocycles. The van der Waals surface area contributed by atoms with E-state index in [2.05, 4.69) is 10.2 Å². The molecule has 4 rings (SSSR count). The van der Waals surface area contributed by atoms with Gasteiger partial charge in [-0.15, -0.1) is 5.11 Å². The van der Waals surface area contributed by atoms with Crippen LogP contribution in [0.15, 0.2) is 87.9 Å². The normalized spacial score (nSPS) is 11.8. The largest absolute Gasteiger partial charge is 2.00 e. The molecule has 0 unspecified atom stereocenters. The van der Waals surface area contributed by atoms with E-state index in [1.54, 1.807) is 42.5 Å². The van der Waals surface area contributed by atoms with Gasteiger partial charge in [-0.05, 0) is 16.8 Å². The van der Waals surface area contributed by atoms with E-state index in [-0.39, 0.29) is 71.4 Å². The minimum absolute atomic E-state index is 0. The Morgan fingerprint density at radius 1 is 0.714 bits per heavy atom. The predicted molar refractivity (Wildman–Crippen MR) is 105 cm³/mol. The fraction of sp³-hybridized carbons (Fsp3) is 0. The maximum atomic E-state index is 12.2. The van der Waals surface area contributed by atoms with Crippen molar-refractivity contribution in [3.8, 4) is 5.75 Å². The zero-order valence-electron chi connectivity index (χ0n) is 14.6. The van der Waals surface area contributed by atoms with Gasteiger partial charge in [-0.2, -0.15) is 5.11 Å². The van der Waals surface area contributed by atoms with Crippen LogP contribution >= 0.6 is 0 Å². The van der Waals surface area contributed by atoms with E-state index >= 15 is 0 Å².